The van der Waals surface area contributed by atoms with Gasteiger partial charge in [-0.2, -0.15) is 10.1 Å². The molecule has 0 radical (unpaired) electrons. The molecule has 0 saturated carbocycles. The SMILES string of the molecule is Cc1cccc(/C=N/Nc2nc(N3CCOCC3)c3[nH]c(-c4ccccn4)cc3n2)c1. The van der Waals surface area contributed by atoms with Crippen molar-refractivity contribution in [1.82, 2.24) is 19.9 Å². The molecule has 1 aliphatic heterocycles. The van der Waals surface area contributed by atoms with Gasteiger partial charge in [0.25, 0.3) is 0 Å². The van der Waals surface area contributed by atoms with Gasteiger partial charge in [0.2, 0.25) is 5.95 Å². The maximum Gasteiger partial charge on any atom is 0.246 e. The molecule has 1 aliphatic rings. The first kappa shape index (κ1) is 19.2. The largest absolute Gasteiger partial charge is 0.378 e. The van der Waals surface area contributed by atoms with E-state index in [1.54, 1.807) is 12.4 Å². The normalized spacial score (nSPS) is 14.4. The van der Waals surface area contributed by atoms with E-state index in [1.165, 1.54) is 5.56 Å². The minimum absolute atomic E-state index is 0.449. The fraction of sp³-hybridized carbons (Fsp3) is 0.217. The predicted octanol–water partition coefficient (Wildman–Crippen LogP) is 3.61. The van der Waals surface area contributed by atoms with E-state index in [-0.39, 0.29) is 0 Å². The molecule has 2 N–H and O–H groups in total. The first-order chi connectivity index (χ1) is 15.3. The van der Waals surface area contributed by atoms with Crippen LogP contribution >= 0.6 is 0 Å². The number of anilines is 2. The Bertz CT molecular complexity index is 1210. The third kappa shape index (κ3) is 4.24. The Hall–Kier alpha value is -3.78. The number of aromatic amines is 1. The minimum Gasteiger partial charge on any atom is -0.378 e. The number of morpholine rings is 1. The molecule has 0 atom stereocenters. The van der Waals surface area contributed by atoms with Gasteiger partial charge in [-0.25, -0.2) is 10.4 Å². The summed E-state index contributed by atoms with van der Waals surface area (Å²) in [6.45, 7) is 4.95. The Labute approximate surface area is 180 Å². The molecule has 1 aromatic carbocycles. The van der Waals surface area contributed by atoms with Crippen LogP contribution < -0.4 is 10.3 Å². The number of hydrogen-bond acceptors (Lipinski definition) is 7. The zero-order chi connectivity index (χ0) is 21.0. The number of benzene rings is 1. The zero-order valence-electron chi connectivity index (χ0n) is 17.2. The van der Waals surface area contributed by atoms with Crippen LogP contribution in [-0.4, -0.2) is 52.5 Å². The first-order valence-corrected chi connectivity index (χ1v) is 10.3. The van der Waals surface area contributed by atoms with Gasteiger partial charge in [-0.1, -0.05) is 35.9 Å². The molecule has 4 aromatic rings. The lowest BCUT2D eigenvalue weighted by Crippen LogP contribution is -2.37. The molecule has 156 valence electrons. The van der Waals surface area contributed by atoms with E-state index in [0.29, 0.717) is 19.2 Å². The summed E-state index contributed by atoms with van der Waals surface area (Å²) in [5, 5.41) is 4.35. The molecule has 5 rings (SSSR count). The number of hydrazone groups is 1. The molecule has 0 unspecified atom stereocenters. The summed E-state index contributed by atoms with van der Waals surface area (Å²) in [5.41, 5.74) is 8.65. The van der Waals surface area contributed by atoms with Crippen molar-refractivity contribution in [3.8, 4) is 11.4 Å². The van der Waals surface area contributed by atoms with Crippen LogP contribution in [0.15, 0.2) is 59.8 Å². The molecule has 1 fully saturated rings. The highest BCUT2D eigenvalue weighted by atomic mass is 16.5. The van der Waals surface area contributed by atoms with Gasteiger partial charge < -0.3 is 14.6 Å². The standard InChI is InChI=1S/C23H23N7O/c1-16-5-4-6-17(13-16)15-25-29-23-27-20-14-19(18-7-2-3-8-24-18)26-21(20)22(28-23)30-9-11-31-12-10-30/h2-8,13-15,26H,9-12H2,1H3,(H,27,28,29)/b25-15+. The molecule has 8 nitrogen and oxygen atoms in total. The molecule has 0 spiro atoms. The van der Waals surface area contributed by atoms with Crippen molar-refractivity contribution in [2.45, 2.75) is 6.92 Å². The second kappa shape index (κ2) is 8.53. The van der Waals surface area contributed by atoms with Gasteiger partial charge in [0.1, 0.15) is 5.52 Å². The summed E-state index contributed by atoms with van der Waals surface area (Å²) in [5.74, 6) is 1.29. The minimum atomic E-state index is 0.449. The number of hydrogen-bond donors (Lipinski definition) is 2. The Kier molecular flexibility index (Phi) is 5.28. The maximum atomic E-state index is 5.52. The highest BCUT2D eigenvalue weighted by Crippen LogP contribution is 2.29. The van der Waals surface area contributed by atoms with Crippen molar-refractivity contribution in [2.75, 3.05) is 36.6 Å². The second-order valence-corrected chi connectivity index (χ2v) is 7.41. The van der Waals surface area contributed by atoms with Crippen molar-refractivity contribution in [3.05, 3.63) is 65.9 Å². The molecular weight excluding hydrogens is 390 g/mol. The van der Waals surface area contributed by atoms with Crippen LogP contribution in [-0.2, 0) is 4.74 Å². The maximum absolute atomic E-state index is 5.52. The number of H-pyrrole nitrogens is 1. The smallest absolute Gasteiger partial charge is 0.246 e. The summed E-state index contributed by atoms with van der Waals surface area (Å²) in [6, 6.07) is 16.0. The lowest BCUT2D eigenvalue weighted by molar-refractivity contribution is 0.122. The molecule has 4 heterocycles. The van der Waals surface area contributed by atoms with Gasteiger partial charge >= 0.3 is 0 Å². The van der Waals surface area contributed by atoms with Gasteiger partial charge in [-0.15, -0.1) is 0 Å². The fourth-order valence-electron chi connectivity index (χ4n) is 3.63. The van der Waals surface area contributed by atoms with Crippen molar-refractivity contribution in [1.29, 1.82) is 0 Å². The van der Waals surface area contributed by atoms with E-state index < -0.39 is 0 Å². The van der Waals surface area contributed by atoms with E-state index in [9.17, 15) is 0 Å². The van der Waals surface area contributed by atoms with Crippen molar-refractivity contribution < 1.29 is 4.74 Å². The molecule has 0 bridgehead atoms. The lowest BCUT2D eigenvalue weighted by Gasteiger charge is -2.28. The quantitative estimate of drug-likeness (QED) is 0.384. The summed E-state index contributed by atoms with van der Waals surface area (Å²) < 4.78 is 5.52. The number of nitrogens with one attached hydrogen (secondary N) is 2. The number of fused-ring (bicyclic) bond motifs is 1. The summed E-state index contributed by atoms with van der Waals surface area (Å²) in [4.78, 5) is 19.5. The Morgan fingerprint density at radius 3 is 2.81 bits per heavy atom. The first-order valence-electron chi connectivity index (χ1n) is 10.3. The third-order valence-electron chi connectivity index (χ3n) is 5.13. The van der Waals surface area contributed by atoms with Crippen LogP contribution in [0.25, 0.3) is 22.4 Å². The molecule has 1 saturated heterocycles. The van der Waals surface area contributed by atoms with E-state index in [2.05, 4.69) is 49.4 Å². The monoisotopic (exact) mass is 413 g/mol. The van der Waals surface area contributed by atoms with Crippen LogP contribution in [0, 0.1) is 6.92 Å². The predicted molar refractivity (Wildman–Crippen MR) is 123 cm³/mol. The van der Waals surface area contributed by atoms with Gasteiger partial charge in [0, 0.05) is 19.3 Å². The number of nitrogens with zero attached hydrogens (tertiary/aromatic N) is 5. The second-order valence-electron chi connectivity index (χ2n) is 7.41. The van der Waals surface area contributed by atoms with E-state index in [1.807, 2.05) is 36.4 Å². The number of aryl methyl sites for hydroxylation is 1. The number of pyridine rings is 1. The average molecular weight is 413 g/mol. The van der Waals surface area contributed by atoms with E-state index >= 15 is 0 Å². The van der Waals surface area contributed by atoms with Crippen LogP contribution in [0.1, 0.15) is 11.1 Å². The Balaban J connectivity index is 1.50. The van der Waals surface area contributed by atoms with Crippen molar-refractivity contribution >= 4 is 29.0 Å². The van der Waals surface area contributed by atoms with Gasteiger partial charge in [-0.05, 0) is 30.7 Å². The van der Waals surface area contributed by atoms with Crippen molar-refractivity contribution in [3.63, 3.8) is 0 Å². The highest BCUT2D eigenvalue weighted by molar-refractivity contribution is 5.91. The Morgan fingerprint density at radius 1 is 1.10 bits per heavy atom. The fourth-order valence-corrected chi connectivity index (χ4v) is 3.63. The third-order valence-corrected chi connectivity index (χ3v) is 5.13. The summed E-state index contributed by atoms with van der Waals surface area (Å²) >= 11 is 0. The topological polar surface area (TPSA) is 91.3 Å². The average Bonchev–Trinajstić information content (AvgIpc) is 3.24. The lowest BCUT2D eigenvalue weighted by atomic mass is 10.2. The summed E-state index contributed by atoms with van der Waals surface area (Å²) in [7, 11) is 0. The van der Waals surface area contributed by atoms with Crippen LogP contribution in [0.4, 0.5) is 11.8 Å². The van der Waals surface area contributed by atoms with Crippen LogP contribution in [0.2, 0.25) is 0 Å². The van der Waals surface area contributed by atoms with Crippen LogP contribution in [0.3, 0.4) is 0 Å². The number of aromatic nitrogens is 4. The number of ether oxygens (including phenoxy) is 1. The summed E-state index contributed by atoms with van der Waals surface area (Å²) in [6.07, 6.45) is 3.55. The van der Waals surface area contributed by atoms with Crippen LogP contribution in [0.5, 0.6) is 0 Å². The van der Waals surface area contributed by atoms with E-state index in [0.717, 1.165) is 46.9 Å². The van der Waals surface area contributed by atoms with E-state index in [4.69, 9.17) is 9.72 Å². The molecule has 3 aromatic heterocycles. The zero-order valence-corrected chi connectivity index (χ0v) is 17.2. The van der Waals surface area contributed by atoms with Gasteiger partial charge in [0.15, 0.2) is 5.82 Å². The molecule has 8 heteroatoms. The highest BCUT2D eigenvalue weighted by Gasteiger charge is 2.19. The molecule has 0 aliphatic carbocycles. The number of rotatable bonds is 5. The molecule has 0 amide bonds. The molecule has 31 heavy (non-hydrogen) atoms. The Morgan fingerprint density at radius 2 is 2.00 bits per heavy atom. The molecular formula is C23H23N7O. The van der Waals surface area contributed by atoms with Crippen molar-refractivity contribution in [2.24, 2.45) is 5.10 Å². The van der Waals surface area contributed by atoms with Gasteiger partial charge in [-0.3, -0.25) is 4.98 Å². The van der Waals surface area contributed by atoms with Gasteiger partial charge in [0.05, 0.1) is 36.3 Å².